The van der Waals surface area contributed by atoms with Gasteiger partial charge in [0.2, 0.25) is 0 Å². The van der Waals surface area contributed by atoms with Crippen LogP contribution in [0.15, 0.2) is 0 Å². The Bertz CT molecular complexity index is 120. The van der Waals surface area contributed by atoms with Crippen molar-refractivity contribution in [3.05, 3.63) is 0 Å². The largest absolute Gasteiger partial charge is 0.306 e. The summed E-state index contributed by atoms with van der Waals surface area (Å²) in [6, 6.07) is 1.14. The molecule has 0 amide bonds. The van der Waals surface area contributed by atoms with Crippen molar-refractivity contribution < 1.29 is 0 Å². The van der Waals surface area contributed by atoms with Crippen molar-refractivity contribution >= 4 is 18.8 Å². The smallest absolute Gasteiger partial charge is 0.305 e. The zero-order chi connectivity index (χ0) is 9.78. The van der Waals surface area contributed by atoms with Gasteiger partial charge in [0.25, 0.3) is 0 Å². The van der Waals surface area contributed by atoms with Crippen molar-refractivity contribution in [1.29, 1.82) is 0 Å². The van der Waals surface area contributed by atoms with Crippen molar-refractivity contribution in [3.8, 4) is 0 Å². The number of halogens is 1. The molecule has 0 saturated heterocycles. The quantitative estimate of drug-likeness (QED) is 0.505. The van der Waals surface area contributed by atoms with Crippen LogP contribution in [0.3, 0.4) is 0 Å². The average Bonchev–Trinajstić information content (AvgIpc) is 1.99. The monoisotopic (exact) mass is 208 g/mol. The molecule has 0 aromatic heterocycles. The van der Waals surface area contributed by atoms with E-state index in [1.807, 2.05) is 0 Å². The number of hydrogen-bond acceptors (Lipinski definition) is 2. The van der Waals surface area contributed by atoms with Gasteiger partial charge in [-0.05, 0) is 34.2 Å². The molecule has 0 aromatic rings. The second-order valence-corrected chi connectivity index (χ2v) is 9.15. The lowest BCUT2D eigenvalue weighted by atomic mass is 10.4. The maximum atomic E-state index is 6.58. The second-order valence-electron chi connectivity index (χ2n) is 3.61. The van der Waals surface area contributed by atoms with Crippen LogP contribution in [-0.2, 0) is 0 Å². The van der Waals surface area contributed by atoms with Crippen molar-refractivity contribution in [2.75, 3.05) is 28.2 Å². The number of rotatable bonds is 5. The van der Waals surface area contributed by atoms with Gasteiger partial charge in [-0.25, -0.2) is 0 Å². The van der Waals surface area contributed by atoms with Crippen LogP contribution in [-0.4, -0.2) is 45.0 Å². The maximum absolute atomic E-state index is 6.58. The highest BCUT2D eigenvalue weighted by atomic mass is 35.6. The van der Waals surface area contributed by atoms with E-state index in [0.717, 1.165) is 6.04 Å². The third kappa shape index (κ3) is 3.05. The Hall–Kier alpha value is 0.427. The SMILES string of the molecule is CCCC[Si](Cl)(N(C)C)N(C)C. The molecule has 4 heteroatoms. The number of unbranched alkanes of at least 4 members (excludes halogenated alkanes) is 1. The summed E-state index contributed by atoms with van der Waals surface area (Å²) >= 11 is 6.58. The molecule has 0 rings (SSSR count). The Morgan fingerprint density at radius 1 is 1.08 bits per heavy atom. The molecule has 0 aliphatic rings. The summed E-state index contributed by atoms with van der Waals surface area (Å²) in [4.78, 5) is 0. The first kappa shape index (κ1) is 12.4. The number of nitrogens with zero attached hydrogens (tertiary/aromatic N) is 2. The fourth-order valence-corrected chi connectivity index (χ4v) is 4.15. The van der Waals surface area contributed by atoms with Crippen LogP contribution in [0.5, 0.6) is 0 Å². The zero-order valence-electron chi connectivity index (χ0n) is 8.89. The molecule has 2 nitrogen and oxygen atoms in total. The summed E-state index contributed by atoms with van der Waals surface area (Å²) in [6.07, 6.45) is 2.45. The molecule has 0 atom stereocenters. The van der Waals surface area contributed by atoms with Crippen molar-refractivity contribution in [2.24, 2.45) is 0 Å². The molecule has 0 heterocycles. The summed E-state index contributed by atoms with van der Waals surface area (Å²) in [7, 11) is 6.53. The average molecular weight is 209 g/mol. The van der Waals surface area contributed by atoms with E-state index >= 15 is 0 Å². The van der Waals surface area contributed by atoms with Gasteiger partial charge < -0.3 is 9.13 Å². The molecule has 0 radical (unpaired) electrons. The van der Waals surface area contributed by atoms with Crippen LogP contribution in [0.1, 0.15) is 19.8 Å². The summed E-state index contributed by atoms with van der Waals surface area (Å²) < 4.78 is 4.40. The number of hydrogen-bond donors (Lipinski definition) is 0. The third-order valence-corrected chi connectivity index (χ3v) is 8.55. The summed E-state index contributed by atoms with van der Waals surface area (Å²) in [5.74, 6) is 0. The predicted octanol–water partition coefficient (Wildman–Crippen LogP) is 2.09. The van der Waals surface area contributed by atoms with Gasteiger partial charge in [-0.3, -0.25) is 0 Å². The lowest BCUT2D eigenvalue weighted by molar-refractivity contribution is 0.497. The Labute approximate surface area is 82.4 Å². The first-order valence-corrected chi connectivity index (χ1v) is 7.60. The van der Waals surface area contributed by atoms with E-state index in [1.165, 1.54) is 12.8 Å². The highest BCUT2D eigenvalue weighted by Crippen LogP contribution is 2.22. The van der Waals surface area contributed by atoms with Crippen LogP contribution < -0.4 is 0 Å². The topological polar surface area (TPSA) is 6.48 Å². The molecule has 0 saturated carbocycles. The summed E-state index contributed by atoms with van der Waals surface area (Å²) in [5.41, 5.74) is 0. The maximum Gasteiger partial charge on any atom is 0.306 e. The first-order chi connectivity index (χ1) is 5.45. The van der Waals surface area contributed by atoms with Crippen molar-refractivity contribution in [3.63, 3.8) is 0 Å². The standard InChI is InChI=1S/C8H21ClN2Si/c1-6-7-8-12(9,10(2)3)11(4)5/h6-8H2,1-5H3. The van der Waals surface area contributed by atoms with Crippen molar-refractivity contribution in [2.45, 2.75) is 25.8 Å². The van der Waals surface area contributed by atoms with Crippen LogP contribution in [0.4, 0.5) is 0 Å². The fraction of sp³-hybridized carbons (Fsp3) is 1.00. The zero-order valence-corrected chi connectivity index (χ0v) is 10.6. The van der Waals surface area contributed by atoms with Crippen LogP contribution in [0.2, 0.25) is 6.04 Å². The molecule has 74 valence electrons. The van der Waals surface area contributed by atoms with E-state index in [1.54, 1.807) is 0 Å². The molecular formula is C8H21ClN2Si. The molecular weight excluding hydrogens is 188 g/mol. The normalized spacial score (nSPS) is 13.0. The minimum absolute atomic E-state index is 1.14. The van der Waals surface area contributed by atoms with Gasteiger partial charge in [-0.15, -0.1) is 11.1 Å². The van der Waals surface area contributed by atoms with E-state index in [0.29, 0.717) is 0 Å². The molecule has 0 N–H and O–H groups in total. The van der Waals surface area contributed by atoms with Crippen LogP contribution in [0, 0.1) is 0 Å². The van der Waals surface area contributed by atoms with Gasteiger partial charge in [0.05, 0.1) is 0 Å². The molecule has 0 fully saturated rings. The Morgan fingerprint density at radius 2 is 1.50 bits per heavy atom. The predicted molar refractivity (Wildman–Crippen MR) is 58.7 cm³/mol. The third-order valence-electron chi connectivity index (χ3n) is 2.22. The Kier molecular flexibility index (Phi) is 5.41. The molecule has 0 spiro atoms. The molecule has 0 aliphatic heterocycles. The van der Waals surface area contributed by atoms with Gasteiger partial charge in [0, 0.05) is 0 Å². The summed E-state index contributed by atoms with van der Waals surface area (Å²) in [6.45, 7) is 2.21. The molecule has 0 aromatic carbocycles. The lowest BCUT2D eigenvalue weighted by Crippen LogP contribution is -2.56. The molecule has 0 aliphatic carbocycles. The van der Waals surface area contributed by atoms with Crippen molar-refractivity contribution in [1.82, 2.24) is 9.13 Å². The second kappa shape index (κ2) is 5.22. The van der Waals surface area contributed by atoms with E-state index in [-0.39, 0.29) is 0 Å². The van der Waals surface area contributed by atoms with Gasteiger partial charge in [-0.2, -0.15) is 0 Å². The molecule has 0 bridgehead atoms. The van der Waals surface area contributed by atoms with Gasteiger partial charge >= 0.3 is 7.71 Å². The first-order valence-electron chi connectivity index (χ1n) is 4.49. The van der Waals surface area contributed by atoms with Gasteiger partial charge in [-0.1, -0.05) is 19.8 Å². The van der Waals surface area contributed by atoms with E-state index in [4.69, 9.17) is 11.1 Å². The fourth-order valence-electron chi connectivity index (χ4n) is 1.25. The molecule has 12 heavy (non-hydrogen) atoms. The highest BCUT2D eigenvalue weighted by molar-refractivity contribution is 7.16. The van der Waals surface area contributed by atoms with E-state index in [9.17, 15) is 0 Å². The molecule has 0 unspecified atom stereocenters. The summed E-state index contributed by atoms with van der Waals surface area (Å²) in [5, 5.41) is 0. The minimum atomic E-state index is -1.79. The van der Waals surface area contributed by atoms with E-state index in [2.05, 4.69) is 44.2 Å². The minimum Gasteiger partial charge on any atom is -0.305 e. The van der Waals surface area contributed by atoms with Gasteiger partial charge in [0.1, 0.15) is 0 Å². The van der Waals surface area contributed by atoms with Crippen LogP contribution in [0.25, 0.3) is 0 Å². The van der Waals surface area contributed by atoms with Gasteiger partial charge in [0.15, 0.2) is 0 Å². The van der Waals surface area contributed by atoms with Crippen LogP contribution >= 0.6 is 11.1 Å². The highest BCUT2D eigenvalue weighted by Gasteiger charge is 2.36. The Balaban J connectivity index is 4.19. The lowest BCUT2D eigenvalue weighted by Gasteiger charge is -2.36. The Morgan fingerprint density at radius 3 is 1.75 bits per heavy atom. The van der Waals surface area contributed by atoms with E-state index < -0.39 is 7.71 Å².